The summed E-state index contributed by atoms with van der Waals surface area (Å²) in [5.74, 6) is 0. The van der Waals surface area contributed by atoms with E-state index < -0.39 is 0 Å². The first-order valence-electron chi connectivity index (χ1n) is 4.77. The van der Waals surface area contributed by atoms with Gasteiger partial charge in [0, 0.05) is 0 Å². The summed E-state index contributed by atoms with van der Waals surface area (Å²) in [5.41, 5.74) is 0.944. The van der Waals surface area contributed by atoms with Crippen LogP contribution in [0.2, 0.25) is 0 Å². The quantitative estimate of drug-likeness (QED) is 0.668. The van der Waals surface area contributed by atoms with Crippen LogP contribution < -0.4 is 0 Å². The summed E-state index contributed by atoms with van der Waals surface area (Å²) in [6.45, 7) is 12.1. The monoisotopic (exact) mass is 186 g/mol. The van der Waals surface area contributed by atoms with Gasteiger partial charge in [0.05, 0.1) is 18.3 Å². The summed E-state index contributed by atoms with van der Waals surface area (Å²) in [6.07, 6.45) is 1.25. The molecule has 0 saturated carbocycles. The van der Waals surface area contributed by atoms with Crippen molar-refractivity contribution in [3.05, 3.63) is 12.2 Å². The fourth-order valence-electron chi connectivity index (χ4n) is 0.843. The van der Waals surface area contributed by atoms with Crippen LogP contribution in [-0.4, -0.2) is 23.4 Å². The summed E-state index contributed by atoms with van der Waals surface area (Å²) in [4.78, 5) is 0. The smallest absolute Gasteiger partial charge is 0.0777 e. The predicted molar refractivity (Wildman–Crippen MR) is 55.8 cm³/mol. The molecule has 0 fully saturated rings. The van der Waals surface area contributed by atoms with Gasteiger partial charge < -0.3 is 9.84 Å². The van der Waals surface area contributed by atoms with Crippen molar-refractivity contribution in [2.24, 2.45) is 0 Å². The lowest BCUT2D eigenvalue weighted by molar-refractivity contribution is -0.0502. The lowest BCUT2D eigenvalue weighted by Crippen LogP contribution is -2.26. The number of hydrogen-bond donors (Lipinski definition) is 1. The maximum Gasteiger partial charge on any atom is 0.0777 e. The van der Waals surface area contributed by atoms with Crippen LogP contribution in [0.3, 0.4) is 0 Å². The molecule has 0 rings (SSSR count). The fraction of sp³-hybridized carbons (Fsp3) is 0.818. The molecule has 0 aliphatic heterocycles. The largest absolute Gasteiger partial charge is 0.391 e. The highest BCUT2D eigenvalue weighted by molar-refractivity contribution is 4.88. The first-order valence-corrected chi connectivity index (χ1v) is 4.77. The van der Waals surface area contributed by atoms with Gasteiger partial charge >= 0.3 is 0 Å². The minimum Gasteiger partial charge on any atom is -0.391 e. The zero-order valence-electron chi connectivity index (χ0n) is 9.26. The number of rotatable bonds is 5. The van der Waals surface area contributed by atoms with Crippen LogP contribution in [0.1, 0.15) is 40.5 Å². The van der Waals surface area contributed by atoms with Gasteiger partial charge in [-0.25, -0.2) is 0 Å². The molecule has 1 unspecified atom stereocenters. The number of aliphatic hydroxyl groups excluding tert-OH is 1. The standard InChI is InChI=1S/C11H22O2/c1-9(2)6-7-10(12)8-13-11(3,4)5/h10,12H,1,6-8H2,2-5H3. The van der Waals surface area contributed by atoms with E-state index in [2.05, 4.69) is 6.58 Å². The Morgan fingerprint density at radius 1 is 1.46 bits per heavy atom. The van der Waals surface area contributed by atoms with Gasteiger partial charge in [-0.15, -0.1) is 6.58 Å². The Hall–Kier alpha value is -0.340. The van der Waals surface area contributed by atoms with Gasteiger partial charge in [-0.1, -0.05) is 5.57 Å². The summed E-state index contributed by atoms with van der Waals surface area (Å²) in [6, 6.07) is 0. The first-order chi connectivity index (χ1) is 5.81. The number of aliphatic hydroxyl groups is 1. The van der Waals surface area contributed by atoms with E-state index in [1.165, 1.54) is 0 Å². The molecule has 2 nitrogen and oxygen atoms in total. The molecule has 0 saturated heterocycles. The van der Waals surface area contributed by atoms with Gasteiger partial charge in [0.1, 0.15) is 0 Å². The Labute approximate surface area is 81.6 Å². The lowest BCUT2D eigenvalue weighted by Gasteiger charge is -2.21. The molecule has 2 heteroatoms. The third-order valence-corrected chi connectivity index (χ3v) is 1.61. The molecule has 0 aliphatic carbocycles. The highest BCUT2D eigenvalue weighted by Gasteiger charge is 2.13. The molecule has 13 heavy (non-hydrogen) atoms. The highest BCUT2D eigenvalue weighted by Crippen LogP contribution is 2.10. The summed E-state index contributed by atoms with van der Waals surface area (Å²) in [5, 5.41) is 9.50. The van der Waals surface area contributed by atoms with Gasteiger partial charge in [0.25, 0.3) is 0 Å². The van der Waals surface area contributed by atoms with E-state index in [0.29, 0.717) is 6.61 Å². The van der Waals surface area contributed by atoms with Crippen molar-refractivity contribution >= 4 is 0 Å². The summed E-state index contributed by atoms with van der Waals surface area (Å²) in [7, 11) is 0. The van der Waals surface area contributed by atoms with Crippen LogP contribution in [0.5, 0.6) is 0 Å². The molecule has 0 amide bonds. The molecular weight excluding hydrogens is 164 g/mol. The van der Waals surface area contributed by atoms with E-state index in [-0.39, 0.29) is 11.7 Å². The second-order valence-corrected chi connectivity index (χ2v) is 4.57. The van der Waals surface area contributed by atoms with Crippen LogP contribution >= 0.6 is 0 Å². The van der Waals surface area contributed by atoms with Gasteiger partial charge in [-0.3, -0.25) is 0 Å². The summed E-state index contributed by atoms with van der Waals surface area (Å²) < 4.78 is 5.44. The van der Waals surface area contributed by atoms with Crippen LogP contribution in [-0.2, 0) is 4.74 Å². The zero-order chi connectivity index (χ0) is 10.5. The van der Waals surface area contributed by atoms with E-state index >= 15 is 0 Å². The molecular formula is C11H22O2. The molecule has 0 aromatic heterocycles. The first kappa shape index (κ1) is 12.7. The normalized spacial score (nSPS) is 14.2. The van der Waals surface area contributed by atoms with E-state index in [4.69, 9.17) is 4.74 Å². The topological polar surface area (TPSA) is 29.5 Å². The Morgan fingerprint density at radius 2 is 2.00 bits per heavy atom. The minimum atomic E-state index is -0.365. The Morgan fingerprint density at radius 3 is 2.38 bits per heavy atom. The molecule has 0 bridgehead atoms. The molecule has 0 aromatic rings. The predicted octanol–water partition coefficient (Wildman–Crippen LogP) is 2.52. The zero-order valence-corrected chi connectivity index (χ0v) is 9.26. The highest BCUT2D eigenvalue weighted by atomic mass is 16.5. The maximum absolute atomic E-state index is 9.50. The fourth-order valence-corrected chi connectivity index (χ4v) is 0.843. The molecule has 1 N–H and O–H groups in total. The maximum atomic E-state index is 9.50. The minimum absolute atomic E-state index is 0.162. The Balaban J connectivity index is 3.52. The number of hydrogen-bond acceptors (Lipinski definition) is 2. The van der Waals surface area contributed by atoms with Crippen molar-refractivity contribution in [3.8, 4) is 0 Å². The van der Waals surface area contributed by atoms with Gasteiger partial charge in [0.15, 0.2) is 0 Å². The van der Waals surface area contributed by atoms with E-state index in [0.717, 1.165) is 18.4 Å². The second kappa shape index (κ2) is 5.40. The van der Waals surface area contributed by atoms with Crippen molar-refractivity contribution in [2.45, 2.75) is 52.2 Å². The third kappa shape index (κ3) is 9.57. The SMILES string of the molecule is C=C(C)CCC(O)COC(C)(C)C. The number of allylic oxidation sites excluding steroid dienone is 1. The van der Waals surface area contributed by atoms with Crippen molar-refractivity contribution in [1.82, 2.24) is 0 Å². The van der Waals surface area contributed by atoms with Crippen LogP contribution in [0, 0.1) is 0 Å². The average molecular weight is 186 g/mol. The Bertz CT molecular complexity index is 156. The molecule has 1 atom stereocenters. The van der Waals surface area contributed by atoms with E-state index in [1.54, 1.807) is 0 Å². The van der Waals surface area contributed by atoms with Crippen LogP contribution in [0.4, 0.5) is 0 Å². The second-order valence-electron chi connectivity index (χ2n) is 4.57. The van der Waals surface area contributed by atoms with Crippen molar-refractivity contribution in [3.63, 3.8) is 0 Å². The molecule has 0 heterocycles. The van der Waals surface area contributed by atoms with Crippen LogP contribution in [0.25, 0.3) is 0 Å². The lowest BCUT2D eigenvalue weighted by atomic mass is 10.1. The third-order valence-electron chi connectivity index (χ3n) is 1.61. The van der Waals surface area contributed by atoms with Crippen molar-refractivity contribution in [1.29, 1.82) is 0 Å². The molecule has 0 spiro atoms. The molecule has 0 radical (unpaired) electrons. The van der Waals surface area contributed by atoms with Gasteiger partial charge in [0.2, 0.25) is 0 Å². The van der Waals surface area contributed by atoms with Crippen LogP contribution in [0.15, 0.2) is 12.2 Å². The summed E-state index contributed by atoms with van der Waals surface area (Å²) >= 11 is 0. The van der Waals surface area contributed by atoms with Gasteiger partial charge in [-0.05, 0) is 40.5 Å². The van der Waals surface area contributed by atoms with Crippen molar-refractivity contribution in [2.75, 3.05) is 6.61 Å². The molecule has 0 aliphatic rings. The molecule has 0 aromatic carbocycles. The Kier molecular flexibility index (Phi) is 5.26. The van der Waals surface area contributed by atoms with E-state index in [9.17, 15) is 5.11 Å². The van der Waals surface area contributed by atoms with Crippen molar-refractivity contribution < 1.29 is 9.84 Å². The molecule has 78 valence electrons. The number of ether oxygens (including phenoxy) is 1. The van der Waals surface area contributed by atoms with Gasteiger partial charge in [-0.2, -0.15) is 0 Å². The average Bonchev–Trinajstić information content (AvgIpc) is 1.95. The van der Waals surface area contributed by atoms with E-state index in [1.807, 2.05) is 27.7 Å².